The number of likely N-dealkylation sites (tertiary alicyclic amines) is 1. The Labute approximate surface area is 118 Å². The number of benzene rings is 1. The molecule has 0 radical (unpaired) electrons. The van der Waals surface area contributed by atoms with Gasteiger partial charge in [-0.1, -0.05) is 26.0 Å². The van der Waals surface area contributed by atoms with Gasteiger partial charge in [0.15, 0.2) is 6.61 Å². The molecule has 0 aliphatic carbocycles. The molecule has 0 saturated carbocycles. The zero-order valence-electron chi connectivity index (χ0n) is 11.8. The van der Waals surface area contributed by atoms with E-state index in [2.05, 4.69) is 13.8 Å². The highest BCUT2D eigenvalue weighted by molar-refractivity contribution is 5.78. The first kappa shape index (κ1) is 14.8. The number of ether oxygens (including phenoxy) is 1. The number of nitrogens with zero attached hydrogens (tertiary/aromatic N) is 1. The van der Waals surface area contributed by atoms with Gasteiger partial charge in [-0.2, -0.15) is 0 Å². The minimum atomic E-state index is -0.858. The van der Waals surface area contributed by atoms with Gasteiger partial charge >= 0.3 is 0 Å². The fourth-order valence-electron chi connectivity index (χ4n) is 2.17. The zero-order valence-corrected chi connectivity index (χ0v) is 11.8. The second-order valence-corrected chi connectivity index (χ2v) is 5.45. The van der Waals surface area contributed by atoms with Crippen LogP contribution in [0.3, 0.4) is 0 Å². The van der Waals surface area contributed by atoms with Gasteiger partial charge in [-0.25, -0.2) is 0 Å². The third-order valence-electron chi connectivity index (χ3n) is 3.50. The van der Waals surface area contributed by atoms with E-state index in [9.17, 15) is 15.0 Å². The summed E-state index contributed by atoms with van der Waals surface area (Å²) in [6, 6.07) is 7.66. The molecule has 1 fully saturated rings. The molecule has 1 amide bonds. The number of hydrogen-bond donors (Lipinski definition) is 2. The molecule has 1 saturated heterocycles. The average molecular weight is 279 g/mol. The van der Waals surface area contributed by atoms with Crippen LogP contribution in [0.15, 0.2) is 24.3 Å². The maximum Gasteiger partial charge on any atom is 0.260 e. The van der Waals surface area contributed by atoms with E-state index in [-0.39, 0.29) is 25.6 Å². The lowest BCUT2D eigenvalue weighted by Gasteiger charge is -2.16. The van der Waals surface area contributed by atoms with Crippen LogP contribution in [0.2, 0.25) is 0 Å². The van der Waals surface area contributed by atoms with Crippen molar-refractivity contribution in [3.8, 4) is 5.75 Å². The van der Waals surface area contributed by atoms with E-state index in [0.29, 0.717) is 11.7 Å². The Morgan fingerprint density at radius 1 is 1.35 bits per heavy atom. The molecule has 5 heteroatoms. The van der Waals surface area contributed by atoms with Crippen LogP contribution in [-0.4, -0.2) is 52.9 Å². The Kier molecular flexibility index (Phi) is 4.62. The van der Waals surface area contributed by atoms with Crippen LogP contribution >= 0.6 is 0 Å². The van der Waals surface area contributed by atoms with Gasteiger partial charge in [0.25, 0.3) is 5.91 Å². The third kappa shape index (κ3) is 3.49. The van der Waals surface area contributed by atoms with E-state index in [1.807, 2.05) is 24.3 Å². The quantitative estimate of drug-likeness (QED) is 0.853. The van der Waals surface area contributed by atoms with Crippen LogP contribution in [0, 0.1) is 0 Å². The van der Waals surface area contributed by atoms with E-state index in [1.165, 1.54) is 4.90 Å². The smallest absolute Gasteiger partial charge is 0.260 e. The molecule has 2 rings (SSSR count). The predicted molar refractivity (Wildman–Crippen MR) is 74.6 cm³/mol. The Hall–Kier alpha value is -1.59. The lowest BCUT2D eigenvalue weighted by atomic mass is 10.0. The molecular formula is C15H21NO4. The lowest BCUT2D eigenvalue weighted by molar-refractivity contribution is -0.132. The molecule has 1 heterocycles. The number of carbonyl (C=O) groups excluding carboxylic acids is 1. The highest BCUT2D eigenvalue weighted by Gasteiger charge is 2.32. The van der Waals surface area contributed by atoms with E-state index >= 15 is 0 Å². The number of β-amino-alcohol motifs (C(OH)–C–C–N with tert-alkyl or cyclic N) is 2. The second-order valence-electron chi connectivity index (χ2n) is 5.45. The summed E-state index contributed by atoms with van der Waals surface area (Å²) in [6.45, 7) is 4.43. The van der Waals surface area contributed by atoms with E-state index in [4.69, 9.17) is 4.74 Å². The van der Waals surface area contributed by atoms with Crippen LogP contribution < -0.4 is 4.74 Å². The van der Waals surface area contributed by atoms with Gasteiger partial charge in [-0.15, -0.1) is 0 Å². The standard InChI is InChI=1S/C15H21NO4/c1-10(2)11-4-3-5-12(6-11)20-9-15(19)16-7-13(17)14(18)8-16/h3-6,10,13-14,17-18H,7-9H2,1-2H3. The molecule has 1 aromatic carbocycles. The highest BCUT2D eigenvalue weighted by atomic mass is 16.5. The van der Waals surface area contributed by atoms with Crippen LogP contribution in [0.1, 0.15) is 25.3 Å². The van der Waals surface area contributed by atoms with Gasteiger partial charge in [0.05, 0.1) is 12.2 Å². The Bertz CT molecular complexity index is 465. The Balaban J connectivity index is 1.89. The van der Waals surface area contributed by atoms with Gasteiger partial charge in [-0.3, -0.25) is 4.79 Å². The first-order valence-electron chi connectivity index (χ1n) is 6.84. The molecule has 1 aromatic rings. The second kappa shape index (κ2) is 6.24. The Morgan fingerprint density at radius 3 is 2.60 bits per heavy atom. The summed E-state index contributed by atoms with van der Waals surface area (Å²) in [7, 11) is 0. The third-order valence-corrected chi connectivity index (χ3v) is 3.50. The van der Waals surface area contributed by atoms with Crippen molar-refractivity contribution >= 4 is 5.91 Å². The molecule has 5 nitrogen and oxygen atoms in total. The highest BCUT2D eigenvalue weighted by Crippen LogP contribution is 2.20. The topological polar surface area (TPSA) is 70.0 Å². The van der Waals surface area contributed by atoms with Gasteiger partial charge < -0.3 is 19.8 Å². The summed E-state index contributed by atoms with van der Waals surface area (Å²) >= 11 is 0. The summed E-state index contributed by atoms with van der Waals surface area (Å²) in [6.07, 6.45) is -1.72. The molecule has 2 atom stereocenters. The molecule has 0 aromatic heterocycles. The SMILES string of the molecule is CC(C)c1cccc(OCC(=O)N2CC(O)C(O)C2)c1. The first-order valence-corrected chi connectivity index (χ1v) is 6.84. The van der Waals surface area contributed by atoms with E-state index < -0.39 is 12.2 Å². The largest absolute Gasteiger partial charge is 0.484 e. The summed E-state index contributed by atoms with van der Waals surface area (Å²) in [5, 5.41) is 18.8. The molecule has 110 valence electrons. The van der Waals surface area contributed by atoms with Crippen molar-refractivity contribution in [1.29, 1.82) is 0 Å². The van der Waals surface area contributed by atoms with Crippen molar-refractivity contribution in [3.05, 3.63) is 29.8 Å². The molecule has 1 aliphatic heterocycles. The van der Waals surface area contributed by atoms with Gasteiger partial charge in [0.2, 0.25) is 0 Å². The minimum Gasteiger partial charge on any atom is -0.484 e. The lowest BCUT2D eigenvalue weighted by Crippen LogP contribution is -2.33. The fraction of sp³-hybridized carbons (Fsp3) is 0.533. The van der Waals surface area contributed by atoms with Crippen molar-refractivity contribution in [3.63, 3.8) is 0 Å². The maximum atomic E-state index is 11.9. The van der Waals surface area contributed by atoms with Crippen molar-refractivity contribution in [1.82, 2.24) is 4.90 Å². The molecule has 20 heavy (non-hydrogen) atoms. The van der Waals surface area contributed by atoms with Crippen molar-refractivity contribution in [2.75, 3.05) is 19.7 Å². The molecule has 0 spiro atoms. The van der Waals surface area contributed by atoms with Crippen LogP contribution in [0.4, 0.5) is 0 Å². The van der Waals surface area contributed by atoms with Gasteiger partial charge in [-0.05, 0) is 23.6 Å². The molecule has 2 unspecified atom stereocenters. The Morgan fingerprint density at radius 2 is 2.00 bits per heavy atom. The van der Waals surface area contributed by atoms with Crippen molar-refractivity contribution in [2.45, 2.75) is 32.0 Å². The minimum absolute atomic E-state index is 0.0824. The molecule has 0 bridgehead atoms. The average Bonchev–Trinajstić information content (AvgIpc) is 2.76. The van der Waals surface area contributed by atoms with Crippen molar-refractivity contribution in [2.24, 2.45) is 0 Å². The summed E-state index contributed by atoms with van der Waals surface area (Å²) in [5.41, 5.74) is 1.15. The number of aliphatic hydroxyl groups is 2. The van der Waals surface area contributed by atoms with Crippen molar-refractivity contribution < 1.29 is 19.7 Å². The molecule has 1 aliphatic rings. The molecular weight excluding hydrogens is 258 g/mol. The predicted octanol–water partition coefficient (Wildman–Crippen LogP) is 0.753. The van der Waals surface area contributed by atoms with Crippen LogP contribution in [-0.2, 0) is 4.79 Å². The van der Waals surface area contributed by atoms with Gasteiger partial charge in [0.1, 0.15) is 5.75 Å². The number of rotatable bonds is 4. The number of hydrogen-bond acceptors (Lipinski definition) is 4. The van der Waals surface area contributed by atoms with E-state index in [1.54, 1.807) is 0 Å². The normalized spacial score (nSPS) is 22.4. The summed E-state index contributed by atoms with van der Waals surface area (Å²) < 4.78 is 5.49. The molecule has 2 N–H and O–H groups in total. The zero-order chi connectivity index (χ0) is 14.7. The summed E-state index contributed by atoms with van der Waals surface area (Å²) in [4.78, 5) is 13.3. The number of aliphatic hydroxyl groups excluding tert-OH is 2. The first-order chi connectivity index (χ1) is 9.47. The fourth-order valence-corrected chi connectivity index (χ4v) is 2.17. The number of carbonyl (C=O) groups is 1. The van der Waals surface area contributed by atoms with Gasteiger partial charge in [0, 0.05) is 13.1 Å². The van der Waals surface area contributed by atoms with Crippen LogP contribution in [0.5, 0.6) is 5.75 Å². The maximum absolute atomic E-state index is 11.9. The van der Waals surface area contributed by atoms with E-state index in [0.717, 1.165) is 5.56 Å². The van der Waals surface area contributed by atoms with Crippen LogP contribution in [0.25, 0.3) is 0 Å². The monoisotopic (exact) mass is 279 g/mol. The summed E-state index contributed by atoms with van der Waals surface area (Å²) in [5.74, 6) is 0.832. The number of amides is 1.